The molecule has 1 aliphatic heterocycles. The number of halogens is 2. The first-order valence-corrected chi connectivity index (χ1v) is 8.11. The number of rotatable bonds is 4. The van der Waals surface area contributed by atoms with E-state index in [1.165, 1.54) is 18.3 Å². The maximum Gasteiger partial charge on any atom is 0.343 e. The molecule has 1 aromatic heterocycles. The van der Waals surface area contributed by atoms with Crippen molar-refractivity contribution in [3.63, 3.8) is 0 Å². The highest BCUT2D eigenvalue weighted by Crippen LogP contribution is 2.26. The minimum atomic E-state index is -2.40. The van der Waals surface area contributed by atoms with Crippen LogP contribution in [0.1, 0.15) is 23.0 Å². The quantitative estimate of drug-likeness (QED) is 0.815. The van der Waals surface area contributed by atoms with Crippen molar-refractivity contribution in [3.05, 3.63) is 20.8 Å². The molecule has 6 nitrogen and oxygen atoms in total. The molecule has 0 aliphatic carbocycles. The number of aliphatic carboxylic acids is 1. The lowest BCUT2D eigenvalue weighted by Gasteiger charge is -2.22. The van der Waals surface area contributed by atoms with Crippen molar-refractivity contribution in [1.29, 1.82) is 0 Å². The standard InChI is InChI=1S/C13H14BrFN2O4S/c1-7(16-10(18)8-2-3-9(14)22-8)11(19)17-5-4-13(15,6-17)12(20)21/h2-3,7H,4-6H2,1H3,(H,16,18)(H,20,21). The summed E-state index contributed by atoms with van der Waals surface area (Å²) in [6, 6.07) is 2.48. The zero-order valence-electron chi connectivity index (χ0n) is 11.6. The molecule has 2 unspecified atom stereocenters. The molecule has 2 N–H and O–H groups in total. The Balaban J connectivity index is 1.96. The zero-order chi connectivity index (χ0) is 16.5. The number of nitrogens with one attached hydrogen (secondary N) is 1. The fraction of sp³-hybridized carbons (Fsp3) is 0.462. The van der Waals surface area contributed by atoms with E-state index in [2.05, 4.69) is 21.2 Å². The molecule has 120 valence electrons. The summed E-state index contributed by atoms with van der Waals surface area (Å²) < 4.78 is 14.7. The Morgan fingerprint density at radius 2 is 2.18 bits per heavy atom. The summed E-state index contributed by atoms with van der Waals surface area (Å²) >= 11 is 4.47. The van der Waals surface area contributed by atoms with Crippen LogP contribution in [0.4, 0.5) is 4.39 Å². The zero-order valence-corrected chi connectivity index (χ0v) is 14.0. The normalized spacial score (nSPS) is 22.4. The van der Waals surface area contributed by atoms with Crippen molar-refractivity contribution in [2.45, 2.75) is 25.1 Å². The van der Waals surface area contributed by atoms with Crippen LogP contribution >= 0.6 is 27.3 Å². The maximum atomic E-state index is 14.0. The third-order valence-electron chi connectivity index (χ3n) is 3.43. The first kappa shape index (κ1) is 16.9. The second kappa shape index (κ2) is 6.33. The number of carboxylic acids is 1. The average molecular weight is 393 g/mol. The Hall–Kier alpha value is -1.48. The number of amides is 2. The van der Waals surface area contributed by atoms with E-state index in [-0.39, 0.29) is 13.0 Å². The summed E-state index contributed by atoms with van der Waals surface area (Å²) in [5.41, 5.74) is -2.40. The molecule has 0 bridgehead atoms. The van der Waals surface area contributed by atoms with Gasteiger partial charge in [0.1, 0.15) is 6.04 Å². The van der Waals surface area contributed by atoms with Crippen molar-refractivity contribution < 1.29 is 23.9 Å². The van der Waals surface area contributed by atoms with Crippen molar-refractivity contribution in [2.24, 2.45) is 0 Å². The van der Waals surface area contributed by atoms with Crippen molar-refractivity contribution >= 4 is 45.1 Å². The predicted octanol–water partition coefficient (Wildman–Crippen LogP) is 1.65. The molecule has 2 amide bonds. The van der Waals surface area contributed by atoms with E-state index in [9.17, 15) is 18.8 Å². The van der Waals surface area contributed by atoms with E-state index in [0.29, 0.717) is 4.88 Å². The number of hydrogen-bond acceptors (Lipinski definition) is 4. The molecule has 0 saturated carbocycles. The molecule has 2 rings (SSSR count). The predicted molar refractivity (Wildman–Crippen MR) is 81.6 cm³/mol. The van der Waals surface area contributed by atoms with Gasteiger partial charge in [-0.2, -0.15) is 0 Å². The molecule has 1 aromatic rings. The Labute approximate surface area is 138 Å². The highest BCUT2D eigenvalue weighted by atomic mass is 79.9. The van der Waals surface area contributed by atoms with Gasteiger partial charge in [-0.15, -0.1) is 11.3 Å². The number of carbonyl (C=O) groups excluding carboxylic acids is 2. The highest BCUT2D eigenvalue weighted by molar-refractivity contribution is 9.11. The lowest BCUT2D eigenvalue weighted by molar-refractivity contribution is -0.150. The minimum Gasteiger partial charge on any atom is -0.479 e. The van der Waals surface area contributed by atoms with Crippen LogP contribution in [0.15, 0.2) is 15.9 Å². The number of nitrogens with zero attached hydrogens (tertiary/aromatic N) is 1. The number of carbonyl (C=O) groups is 3. The molecule has 1 fully saturated rings. The second-order valence-electron chi connectivity index (χ2n) is 5.08. The van der Waals surface area contributed by atoms with Crippen molar-refractivity contribution in [1.82, 2.24) is 10.2 Å². The molecule has 0 radical (unpaired) electrons. The molecule has 0 aromatic carbocycles. The number of thiophene rings is 1. The van der Waals surface area contributed by atoms with Crippen molar-refractivity contribution in [2.75, 3.05) is 13.1 Å². The van der Waals surface area contributed by atoms with E-state index in [4.69, 9.17) is 5.11 Å². The van der Waals surface area contributed by atoms with Crippen LogP contribution in [0, 0.1) is 0 Å². The summed E-state index contributed by atoms with van der Waals surface area (Å²) in [7, 11) is 0. The van der Waals surface area contributed by atoms with E-state index < -0.39 is 36.0 Å². The summed E-state index contributed by atoms with van der Waals surface area (Å²) in [5, 5.41) is 11.4. The van der Waals surface area contributed by atoms with E-state index in [1.807, 2.05) is 0 Å². The summed E-state index contributed by atoms with van der Waals surface area (Å²) in [6.45, 7) is 1.01. The molecule has 9 heteroatoms. The molecule has 1 aliphatic rings. The van der Waals surface area contributed by atoms with E-state index in [0.717, 1.165) is 8.69 Å². The summed E-state index contributed by atoms with van der Waals surface area (Å²) in [6.07, 6.45) is -0.243. The van der Waals surface area contributed by atoms with Crippen LogP contribution in [0.5, 0.6) is 0 Å². The Morgan fingerprint density at radius 1 is 1.50 bits per heavy atom. The van der Waals surface area contributed by atoms with Gasteiger partial charge in [-0.1, -0.05) is 0 Å². The second-order valence-corrected chi connectivity index (χ2v) is 7.54. The third-order valence-corrected chi connectivity index (χ3v) is 5.05. The summed E-state index contributed by atoms with van der Waals surface area (Å²) in [5.74, 6) is -2.46. The van der Waals surface area contributed by atoms with Gasteiger partial charge < -0.3 is 15.3 Å². The van der Waals surface area contributed by atoms with Gasteiger partial charge >= 0.3 is 5.97 Å². The van der Waals surface area contributed by atoms with E-state index in [1.54, 1.807) is 12.1 Å². The van der Waals surface area contributed by atoms with Gasteiger partial charge in [0.05, 0.1) is 15.2 Å². The van der Waals surface area contributed by atoms with Gasteiger partial charge in [-0.3, -0.25) is 9.59 Å². The van der Waals surface area contributed by atoms with Gasteiger partial charge in [0.15, 0.2) is 0 Å². The summed E-state index contributed by atoms with van der Waals surface area (Å²) in [4.78, 5) is 36.5. The van der Waals surface area contributed by atoms with Crippen LogP contribution in [0.3, 0.4) is 0 Å². The Kier molecular flexibility index (Phi) is 4.86. The van der Waals surface area contributed by atoms with Crippen LogP contribution in [-0.4, -0.2) is 52.6 Å². The smallest absolute Gasteiger partial charge is 0.343 e. The molecule has 22 heavy (non-hydrogen) atoms. The molecule has 2 heterocycles. The molecule has 0 spiro atoms. The highest BCUT2D eigenvalue weighted by Gasteiger charge is 2.47. The van der Waals surface area contributed by atoms with Crippen LogP contribution in [-0.2, 0) is 9.59 Å². The molecular formula is C13H14BrFN2O4S. The number of likely N-dealkylation sites (tertiary alicyclic amines) is 1. The lowest BCUT2D eigenvalue weighted by atomic mass is 10.1. The van der Waals surface area contributed by atoms with Crippen molar-refractivity contribution in [3.8, 4) is 0 Å². The number of hydrogen-bond donors (Lipinski definition) is 2. The fourth-order valence-corrected chi connectivity index (χ4v) is 3.46. The third kappa shape index (κ3) is 3.46. The maximum absolute atomic E-state index is 14.0. The Morgan fingerprint density at radius 3 is 2.68 bits per heavy atom. The van der Waals surface area contributed by atoms with Gasteiger partial charge in [-0.05, 0) is 35.0 Å². The van der Waals surface area contributed by atoms with E-state index >= 15 is 0 Å². The fourth-order valence-electron chi connectivity index (χ4n) is 2.18. The first-order chi connectivity index (χ1) is 10.2. The van der Waals surface area contributed by atoms with Gasteiger partial charge in [0.25, 0.3) is 5.91 Å². The molecule has 2 atom stereocenters. The molecular weight excluding hydrogens is 379 g/mol. The van der Waals surface area contributed by atoms with Crippen LogP contribution in [0.2, 0.25) is 0 Å². The van der Waals surface area contributed by atoms with Gasteiger partial charge in [-0.25, -0.2) is 9.18 Å². The van der Waals surface area contributed by atoms with Crippen LogP contribution < -0.4 is 5.32 Å². The van der Waals surface area contributed by atoms with Crippen LogP contribution in [0.25, 0.3) is 0 Å². The largest absolute Gasteiger partial charge is 0.479 e. The minimum absolute atomic E-state index is 0.0202. The topological polar surface area (TPSA) is 86.7 Å². The first-order valence-electron chi connectivity index (χ1n) is 6.50. The SMILES string of the molecule is CC(NC(=O)c1ccc(Br)s1)C(=O)N1CCC(F)(C(=O)O)C1. The Bertz CT molecular complexity index is 623. The number of alkyl halides is 1. The van der Waals surface area contributed by atoms with Gasteiger partial charge in [0.2, 0.25) is 11.6 Å². The lowest BCUT2D eigenvalue weighted by Crippen LogP contribution is -2.47. The van der Waals surface area contributed by atoms with Gasteiger partial charge in [0, 0.05) is 13.0 Å². The number of carboxylic acid groups (broad SMARTS) is 1. The average Bonchev–Trinajstić information content (AvgIpc) is 3.05. The molecule has 1 saturated heterocycles. The monoisotopic (exact) mass is 392 g/mol.